The van der Waals surface area contributed by atoms with Crippen molar-refractivity contribution in [2.45, 2.75) is 45.6 Å². The van der Waals surface area contributed by atoms with E-state index < -0.39 is 0 Å². The molecule has 94 valence electrons. The first-order chi connectivity index (χ1) is 8.10. The minimum absolute atomic E-state index is 0.358. The molecule has 1 aliphatic rings. The number of anilines is 1. The molecule has 1 unspecified atom stereocenters. The molecule has 0 radical (unpaired) electrons. The standard InChI is InChI=1S/C12H20N4O/c1-4-9-8(2)10(16-13)15-11(14-9)12(3)6-5-7-17-12/h4-7,13H2,1-3H3,(H,14,15,16). The van der Waals surface area contributed by atoms with Gasteiger partial charge in [0.15, 0.2) is 5.82 Å². The highest BCUT2D eigenvalue weighted by Gasteiger charge is 2.35. The molecule has 1 atom stereocenters. The van der Waals surface area contributed by atoms with E-state index in [0.29, 0.717) is 5.82 Å². The number of hydrazine groups is 1. The van der Waals surface area contributed by atoms with Crippen LogP contribution in [0.25, 0.3) is 0 Å². The van der Waals surface area contributed by atoms with E-state index in [9.17, 15) is 0 Å². The van der Waals surface area contributed by atoms with Crippen molar-refractivity contribution in [3.8, 4) is 0 Å². The largest absolute Gasteiger partial charge is 0.367 e. The van der Waals surface area contributed by atoms with Gasteiger partial charge in [0.05, 0.1) is 0 Å². The molecule has 0 amide bonds. The number of nitrogens with zero attached hydrogens (tertiary/aromatic N) is 2. The fourth-order valence-corrected chi connectivity index (χ4v) is 2.24. The first kappa shape index (κ1) is 12.3. The highest BCUT2D eigenvalue weighted by Crippen LogP contribution is 2.34. The summed E-state index contributed by atoms with van der Waals surface area (Å²) in [7, 11) is 0. The molecular weight excluding hydrogens is 216 g/mol. The van der Waals surface area contributed by atoms with E-state index in [2.05, 4.69) is 22.3 Å². The number of rotatable bonds is 3. The molecule has 1 aromatic rings. The van der Waals surface area contributed by atoms with Crippen LogP contribution >= 0.6 is 0 Å². The van der Waals surface area contributed by atoms with Crippen LogP contribution in [0.2, 0.25) is 0 Å². The average molecular weight is 236 g/mol. The Morgan fingerprint density at radius 2 is 2.24 bits per heavy atom. The third-order valence-corrected chi connectivity index (χ3v) is 3.41. The molecule has 3 N–H and O–H groups in total. The Labute approximate surface area is 102 Å². The quantitative estimate of drug-likeness (QED) is 0.617. The second-order valence-corrected chi connectivity index (χ2v) is 4.65. The maximum Gasteiger partial charge on any atom is 0.162 e. The normalized spacial score (nSPS) is 24.0. The van der Waals surface area contributed by atoms with Crippen LogP contribution in [-0.4, -0.2) is 16.6 Å². The van der Waals surface area contributed by atoms with Gasteiger partial charge in [0.2, 0.25) is 0 Å². The third kappa shape index (κ3) is 2.12. The zero-order chi connectivity index (χ0) is 12.5. The lowest BCUT2D eigenvalue weighted by Gasteiger charge is -2.23. The zero-order valence-electron chi connectivity index (χ0n) is 10.7. The van der Waals surface area contributed by atoms with E-state index in [0.717, 1.165) is 43.0 Å². The van der Waals surface area contributed by atoms with Crippen LogP contribution in [0.1, 0.15) is 43.8 Å². The second kappa shape index (κ2) is 4.58. The van der Waals surface area contributed by atoms with Crippen molar-refractivity contribution in [1.29, 1.82) is 0 Å². The topological polar surface area (TPSA) is 73.1 Å². The molecule has 1 aliphatic heterocycles. The van der Waals surface area contributed by atoms with E-state index in [4.69, 9.17) is 10.6 Å². The molecular formula is C12H20N4O. The Morgan fingerprint density at radius 1 is 1.47 bits per heavy atom. The number of hydrogen-bond donors (Lipinski definition) is 2. The molecule has 5 heteroatoms. The lowest BCUT2D eigenvalue weighted by atomic mass is 10.0. The molecule has 0 saturated carbocycles. The molecule has 1 fully saturated rings. The van der Waals surface area contributed by atoms with Crippen LogP contribution in [0.4, 0.5) is 5.82 Å². The summed E-state index contributed by atoms with van der Waals surface area (Å²) in [6.45, 7) is 6.89. The van der Waals surface area contributed by atoms with Crippen molar-refractivity contribution in [2.24, 2.45) is 5.84 Å². The number of nitrogens with two attached hydrogens (primary N) is 1. The van der Waals surface area contributed by atoms with E-state index in [1.54, 1.807) is 0 Å². The van der Waals surface area contributed by atoms with Gasteiger partial charge >= 0.3 is 0 Å². The van der Waals surface area contributed by atoms with Gasteiger partial charge in [-0.2, -0.15) is 0 Å². The Bertz CT molecular complexity index is 388. The van der Waals surface area contributed by atoms with Crippen molar-refractivity contribution in [1.82, 2.24) is 9.97 Å². The number of hydrogen-bond acceptors (Lipinski definition) is 5. The van der Waals surface area contributed by atoms with Crippen molar-refractivity contribution in [3.05, 3.63) is 17.1 Å². The van der Waals surface area contributed by atoms with Gasteiger partial charge in [-0.15, -0.1) is 0 Å². The lowest BCUT2D eigenvalue weighted by molar-refractivity contribution is 0.00925. The number of ether oxygens (including phenoxy) is 1. The Kier molecular flexibility index (Phi) is 3.31. The predicted molar refractivity (Wildman–Crippen MR) is 66.5 cm³/mol. The molecule has 1 aromatic heterocycles. The summed E-state index contributed by atoms with van der Waals surface area (Å²) >= 11 is 0. The molecule has 1 saturated heterocycles. The van der Waals surface area contributed by atoms with E-state index in [1.807, 2.05) is 13.8 Å². The first-order valence-corrected chi connectivity index (χ1v) is 6.09. The minimum Gasteiger partial charge on any atom is -0.367 e. The van der Waals surface area contributed by atoms with Gasteiger partial charge in [-0.25, -0.2) is 15.8 Å². The Morgan fingerprint density at radius 3 is 2.76 bits per heavy atom. The van der Waals surface area contributed by atoms with Crippen LogP contribution in [0, 0.1) is 6.92 Å². The fourth-order valence-electron chi connectivity index (χ4n) is 2.24. The van der Waals surface area contributed by atoms with Gasteiger partial charge in [0, 0.05) is 17.9 Å². The zero-order valence-corrected chi connectivity index (χ0v) is 10.7. The maximum absolute atomic E-state index is 5.77. The molecule has 5 nitrogen and oxygen atoms in total. The van der Waals surface area contributed by atoms with Crippen LogP contribution in [0.15, 0.2) is 0 Å². The molecule has 0 bridgehead atoms. The van der Waals surface area contributed by atoms with E-state index in [1.165, 1.54) is 0 Å². The van der Waals surface area contributed by atoms with Gasteiger partial charge < -0.3 is 10.2 Å². The summed E-state index contributed by atoms with van der Waals surface area (Å²) < 4.78 is 5.77. The maximum atomic E-state index is 5.77. The van der Waals surface area contributed by atoms with Crippen molar-refractivity contribution >= 4 is 5.82 Å². The summed E-state index contributed by atoms with van der Waals surface area (Å²) in [5.41, 5.74) is 4.33. The van der Waals surface area contributed by atoms with Crippen LogP contribution in [-0.2, 0) is 16.8 Å². The van der Waals surface area contributed by atoms with Gasteiger partial charge in [0.25, 0.3) is 0 Å². The van der Waals surface area contributed by atoms with Gasteiger partial charge in [-0.3, -0.25) is 0 Å². The summed E-state index contributed by atoms with van der Waals surface area (Å²) in [4.78, 5) is 9.10. The van der Waals surface area contributed by atoms with Crippen molar-refractivity contribution in [3.63, 3.8) is 0 Å². The minimum atomic E-state index is -0.358. The van der Waals surface area contributed by atoms with Crippen molar-refractivity contribution < 1.29 is 4.74 Å². The Hall–Kier alpha value is -1.20. The van der Waals surface area contributed by atoms with Crippen LogP contribution in [0.5, 0.6) is 0 Å². The molecule has 0 aliphatic carbocycles. The van der Waals surface area contributed by atoms with Crippen LogP contribution in [0.3, 0.4) is 0 Å². The van der Waals surface area contributed by atoms with Gasteiger partial charge in [-0.1, -0.05) is 6.92 Å². The highest BCUT2D eigenvalue weighted by molar-refractivity contribution is 5.45. The van der Waals surface area contributed by atoms with Crippen LogP contribution < -0.4 is 11.3 Å². The predicted octanol–water partition coefficient (Wildman–Crippen LogP) is 1.66. The number of nitrogen functional groups attached to an aromatic ring is 1. The lowest BCUT2D eigenvalue weighted by Crippen LogP contribution is -2.26. The summed E-state index contributed by atoms with van der Waals surface area (Å²) in [6.07, 6.45) is 2.88. The van der Waals surface area contributed by atoms with Crippen molar-refractivity contribution in [2.75, 3.05) is 12.0 Å². The molecule has 2 heterocycles. The Balaban J connectivity index is 2.47. The molecule has 2 rings (SSSR count). The van der Waals surface area contributed by atoms with E-state index in [-0.39, 0.29) is 5.60 Å². The monoisotopic (exact) mass is 236 g/mol. The second-order valence-electron chi connectivity index (χ2n) is 4.65. The molecule has 0 spiro atoms. The average Bonchev–Trinajstić information content (AvgIpc) is 2.77. The highest BCUT2D eigenvalue weighted by atomic mass is 16.5. The summed E-state index contributed by atoms with van der Waals surface area (Å²) in [6, 6.07) is 0. The molecule has 0 aromatic carbocycles. The van der Waals surface area contributed by atoms with E-state index >= 15 is 0 Å². The van der Waals surface area contributed by atoms with Gasteiger partial charge in [-0.05, 0) is 33.1 Å². The first-order valence-electron chi connectivity index (χ1n) is 6.09. The van der Waals surface area contributed by atoms with Gasteiger partial charge in [0.1, 0.15) is 11.4 Å². The summed E-state index contributed by atoms with van der Waals surface area (Å²) in [5.74, 6) is 6.94. The third-order valence-electron chi connectivity index (χ3n) is 3.41. The number of aryl methyl sites for hydroxylation is 1. The smallest absolute Gasteiger partial charge is 0.162 e. The summed E-state index contributed by atoms with van der Waals surface area (Å²) in [5, 5.41) is 0. The molecule has 17 heavy (non-hydrogen) atoms. The SMILES string of the molecule is CCc1nc(C2(C)CCCO2)nc(NN)c1C. The number of aromatic nitrogens is 2. The fraction of sp³-hybridized carbons (Fsp3) is 0.667. The number of nitrogens with one attached hydrogen (secondary N) is 1.